The van der Waals surface area contributed by atoms with E-state index in [-0.39, 0.29) is 17.0 Å². The van der Waals surface area contributed by atoms with Crippen LogP contribution >= 0.6 is 23.2 Å². The van der Waals surface area contributed by atoms with Gasteiger partial charge in [0.15, 0.2) is 0 Å². The van der Waals surface area contributed by atoms with Crippen molar-refractivity contribution in [2.45, 2.75) is 6.92 Å². The fourth-order valence-corrected chi connectivity index (χ4v) is 2.55. The molecule has 1 saturated heterocycles. The fourth-order valence-electron chi connectivity index (χ4n) is 2.24. The minimum Gasteiger partial charge on any atom is -0.349 e. The summed E-state index contributed by atoms with van der Waals surface area (Å²) in [4.78, 5) is 29.8. The molecule has 116 valence electrons. The molecule has 2 N–H and O–H groups in total. The van der Waals surface area contributed by atoms with Crippen LogP contribution in [0.25, 0.3) is 0 Å². The average molecular weight is 333 g/mol. The number of aromatic amines is 1. The molecule has 1 aromatic heterocycles. The van der Waals surface area contributed by atoms with Crippen LogP contribution in [0, 0.1) is 0 Å². The predicted octanol–water partition coefficient (Wildman–Crippen LogP) is 1.22. The molecule has 1 aliphatic heterocycles. The van der Waals surface area contributed by atoms with E-state index in [1.54, 1.807) is 6.92 Å². The van der Waals surface area contributed by atoms with Crippen LogP contribution in [0.3, 0.4) is 0 Å². The molecule has 8 heteroatoms. The van der Waals surface area contributed by atoms with Crippen molar-refractivity contribution in [1.29, 1.82) is 0 Å². The van der Waals surface area contributed by atoms with Crippen LogP contribution in [0.5, 0.6) is 0 Å². The second-order valence-corrected chi connectivity index (χ2v) is 5.73. The van der Waals surface area contributed by atoms with Crippen molar-refractivity contribution in [3.05, 3.63) is 21.9 Å². The van der Waals surface area contributed by atoms with E-state index in [9.17, 15) is 9.59 Å². The number of amides is 2. The number of carbonyl (C=O) groups excluding carboxylic acids is 2. The van der Waals surface area contributed by atoms with Crippen molar-refractivity contribution in [1.82, 2.24) is 20.1 Å². The van der Waals surface area contributed by atoms with Crippen LogP contribution in [-0.4, -0.2) is 65.9 Å². The predicted molar refractivity (Wildman–Crippen MR) is 81.8 cm³/mol. The zero-order valence-electron chi connectivity index (χ0n) is 11.8. The van der Waals surface area contributed by atoms with E-state index in [4.69, 9.17) is 23.2 Å². The Morgan fingerprint density at radius 3 is 2.48 bits per heavy atom. The summed E-state index contributed by atoms with van der Waals surface area (Å²) in [6.45, 7) is 6.01. The standard InChI is InChI=1S/C13H18Cl2N4O2/c1-9(20)19-6-4-18(5-7-19)3-2-16-13(21)11-8-10(14)12(15)17-11/h8,17H,2-7H2,1H3,(H,16,21). The maximum Gasteiger partial charge on any atom is 0.267 e. The van der Waals surface area contributed by atoms with Gasteiger partial charge in [-0.25, -0.2) is 0 Å². The number of rotatable bonds is 4. The van der Waals surface area contributed by atoms with Crippen molar-refractivity contribution < 1.29 is 9.59 Å². The fraction of sp³-hybridized carbons (Fsp3) is 0.538. The molecule has 1 fully saturated rings. The Morgan fingerprint density at radius 1 is 1.29 bits per heavy atom. The van der Waals surface area contributed by atoms with E-state index >= 15 is 0 Å². The van der Waals surface area contributed by atoms with Gasteiger partial charge in [-0.1, -0.05) is 23.2 Å². The van der Waals surface area contributed by atoms with E-state index in [0.29, 0.717) is 17.3 Å². The summed E-state index contributed by atoms with van der Waals surface area (Å²) < 4.78 is 0. The Kier molecular flexibility index (Phi) is 5.50. The quantitative estimate of drug-likeness (QED) is 0.870. The van der Waals surface area contributed by atoms with Gasteiger partial charge in [0.05, 0.1) is 5.02 Å². The summed E-state index contributed by atoms with van der Waals surface area (Å²) in [6.07, 6.45) is 0. The zero-order chi connectivity index (χ0) is 15.4. The largest absolute Gasteiger partial charge is 0.349 e. The maximum atomic E-state index is 11.9. The Hall–Kier alpha value is -1.24. The molecule has 6 nitrogen and oxygen atoms in total. The number of hydrogen-bond acceptors (Lipinski definition) is 3. The average Bonchev–Trinajstić information content (AvgIpc) is 2.79. The van der Waals surface area contributed by atoms with Crippen LogP contribution < -0.4 is 5.32 Å². The lowest BCUT2D eigenvalue weighted by Gasteiger charge is -2.34. The maximum absolute atomic E-state index is 11.9. The van der Waals surface area contributed by atoms with Gasteiger partial charge >= 0.3 is 0 Å². The highest BCUT2D eigenvalue weighted by atomic mass is 35.5. The third-order valence-corrected chi connectivity index (χ3v) is 4.19. The summed E-state index contributed by atoms with van der Waals surface area (Å²) in [7, 11) is 0. The normalized spacial score (nSPS) is 16.0. The smallest absolute Gasteiger partial charge is 0.267 e. The van der Waals surface area contributed by atoms with Gasteiger partial charge in [0.1, 0.15) is 10.8 Å². The highest BCUT2D eigenvalue weighted by Crippen LogP contribution is 2.21. The Labute approximate surface area is 133 Å². The van der Waals surface area contributed by atoms with Crippen LogP contribution in [0.2, 0.25) is 10.2 Å². The molecular formula is C13H18Cl2N4O2. The third kappa shape index (κ3) is 4.36. The van der Waals surface area contributed by atoms with Gasteiger partial charge in [-0.3, -0.25) is 14.5 Å². The molecule has 0 radical (unpaired) electrons. The molecule has 0 spiro atoms. The lowest BCUT2D eigenvalue weighted by Crippen LogP contribution is -2.49. The molecule has 0 bridgehead atoms. The molecule has 21 heavy (non-hydrogen) atoms. The number of piperazine rings is 1. The van der Waals surface area contributed by atoms with Gasteiger partial charge in [0.2, 0.25) is 5.91 Å². The Balaban J connectivity index is 1.70. The molecule has 1 aliphatic rings. The topological polar surface area (TPSA) is 68.4 Å². The monoisotopic (exact) mass is 332 g/mol. The first-order valence-electron chi connectivity index (χ1n) is 6.77. The van der Waals surface area contributed by atoms with E-state index in [2.05, 4.69) is 15.2 Å². The van der Waals surface area contributed by atoms with Gasteiger partial charge in [0.25, 0.3) is 5.91 Å². The molecule has 0 aromatic carbocycles. The second-order valence-electron chi connectivity index (χ2n) is 4.95. The second kappa shape index (κ2) is 7.15. The molecule has 0 unspecified atom stereocenters. The van der Waals surface area contributed by atoms with Crippen molar-refractivity contribution >= 4 is 35.0 Å². The minimum absolute atomic E-state index is 0.114. The third-order valence-electron chi connectivity index (χ3n) is 3.50. The highest BCUT2D eigenvalue weighted by Gasteiger charge is 2.18. The van der Waals surface area contributed by atoms with Gasteiger partial charge in [-0.2, -0.15) is 0 Å². The number of carbonyl (C=O) groups is 2. The highest BCUT2D eigenvalue weighted by molar-refractivity contribution is 6.41. The number of nitrogens with zero attached hydrogens (tertiary/aromatic N) is 2. The van der Waals surface area contributed by atoms with E-state index in [0.717, 1.165) is 32.7 Å². The number of halogens is 2. The summed E-state index contributed by atoms with van der Waals surface area (Å²) in [5, 5.41) is 3.41. The Bertz CT molecular complexity index is 505. The molecule has 2 rings (SSSR count). The lowest BCUT2D eigenvalue weighted by molar-refractivity contribution is -0.130. The van der Waals surface area contributed by atoms with Crippen LogP contribution in [0.1, 0.15) is 17.4 Å². The van der Waals surface area contributed by atoms with E-state index < -0.39 is 0 Å². The molecule has 2 heterocycles. The molecule has 2 amide bonds. The van der Waals surface area contributed by atoms with Gasteiger partial charge < -0.3 is 15.2 Å². The molecular weight excluding hydrogens is 315 g/mol. The van der Waals surface area contributed by atoms with Crippen molar-refractivity contribution in [3.8, 4) is 0 Å². The van der Waals surface area contributed by atoms with Crippen LogP contribution in [-0.2, 0) is 4.79 Å². The zero-order valence-corrected chi connectivity index (χ0v) is 13.3. The van der Waals surface area contributed by atoms with E-state index in [1.165, 1.54) is 6.07 Å². The lowest BCUT2D eigenvalue weighted by atomic mass is 10.3. The summed E-state index contributed by atoms with van der Waals surface area (Å²) in [6, 6.07) is 1.50. The Morgan fingerprint density at radius 2 is 1.95 bits per heavy atom. The summed E-state index contributed by atoms with van der Waals surface area (Å²) in [5.74, 6) is -0.116. The van der Waals surface area contributed by atoms with Crippen LogP contribution in [0.4, 0.5) is 0 Å². The SMILES string of the molecule is CC(=O)N1CCN(CCNC(=O)c2cc(Cl)c(Cl)[nH]2)CC1. The molecule has 1 aromatic rings. The van der Waals surface area contributed by atoms with Crippen LogP contribution in [0.15, 0.2) is 6.07 Å². The van der Waals surface area contributed by atoms with Gasteiger partial charge in [-0.05, 0) is 6.07 Å². The first-order chi connectivity index (χ1) is 9.97. The minimum atomic E-state index is -0.230. The van der Waals surface area contributed by atoms with Gasteiger partial charge in [-0.15, -0.1) is 0 Å². The van der Waals surface area contributed by atoms with Crippen molar-refractivity contribution in [2.75, 3.05) is 39.3 Å². The number of nitrogens with one attached hydrogen (secondary N) is 2. The first-order valence-corrected chi connectivity index (χ1v) is 7.53. The molecule has 0 aliphatic carbocycles. The van der Waals surface area contributed by atoms with Crippen molar-refractivity contribution in [2.24, 2.45) is 0 Å². The van der Waals surface area contributed by atoms with Gasteiger partial charge in [0, 0.05) is 46.2 Å². The molecule has 0 atom stereocenters. The van der Waals surface area contributed by atoms with Crippen molar-refractivity contribution in [3.63, 3.8) is 0 Å². The summed E-state index contributed by atoms with van der Waals surface area (Å²) in [5.41, 5.74) is 0.353. The number of H-pyrrole nitrogens is 1. The van der Waals surface area contributed by atoms with E-state index in [1.807, 2.05) is 4.90 Å². The molecule has 0 saturated carbocycles. The first kappa shape index (κ1) is 16.1. The summed E-state index contributed by atoms with van der Waals surface area (Å²) >= 11 is 11.5. The number of aromatic nitrogens is 1. The number of hydrogen-bond donors (Lipinski definition) is 2.